The van der Waals surface area contributed by atoms with Crippen molar-refractivity contribution in [3.8, 4) is 0 Å². The predicted octanol–water partition coefficient (Wildman–Crippen LogP) is 4.54. The second-order valence-electron chi connectivity index (χ2n) is 4.04. The zero-order valence-corrected chi connectivity index (χ0v) is 14.0. The lowest BCUT2D eigenvalue weighted by Gasteiger charge is -2.13. The summed E-state index contributed by atoms with van der Waals surface area (Å²) >= 11 is 7.11. The van der Waals surface area contributed by atoms with E-state index < -0.39 is 0 Å². The third-order valence-corrected chi connectivity index (χ3v) is 5.54. The molecule has 0 spiro atoms. The third kappa shape index (κ3) is 3.02. The van der Waals surface area contributed by atoms with Crippen LogP contribution in [0.2, 0.25) is 0 Å². The Labute approximate surface area is 125 Å². The summed E-state index contributed by atoms with van der Waals surface area (Å²) in [6.07, 6.45) is 1.01. The number of aromatic nitrogens is 1. The molecule has 1 unspecified atom stereocenters. The molecular weight excluding hydrogens is 328 g/mol. The molecule has 0 radical (unpaired) electrons. The Morgan fingerprint density at radius 2 is 2.11 bits per heavy atom. The van der Waals surface area contributed by atoms with Gasteiger partial charge in [-0.2, -0.15) is 0 Å². The highest BCUT2D eigenvalue weighted by molar-refractivity contribution is 9.11. The van der Waals surface area contributed by atoms with Crippen molar-refractivity contribution in [3.05, 3.63) is 36.4 Å². The van der Waals surface area contributed by atoms with Crippen molar-refractivity contribution in [1.82, 2.24) is 10.3 Å². The van der Waals surface area contributed by atoms with E-state index in [0.29, 0.717) is 0 Å². The first-order valence-corrected chi connectivity index (χ1v) is 8.53. The molecule has 2 aromatic rings. The standard InChI is InChI=1S/C13H17BrN2S2/c1-4-9-8(3)17-13(16-9)12(15-5-2)10-6-7-11(14)18-10/h6-7,12,15H,4-5H2,1-3H3. The molecule has 0 aliphatic carbocycles. The minimum absolute atomic E-state index is 0.232. The Kier molecular flexibility index (Phi) is 4.95. The van der Waals surface area contributed by atoms with Gasteiger partial charge in [0.1, 0.15) is 5.01 Å². The van der Waals surface area contributed by atoms with Gasteiger partial charge in [0.05, 0.1) is 15.5 Å². The minimum Gasteiger partial charge on any atom is -0.304 e. The van der Waals surface area contributed by atoms with Crippen molar-refractivity contribution < 1.29 is 0 Å². The van der Waals surface area contributed by atoms with Crippen LogP contribution in [0.3, 0.4) is 0 Å². The molecule has 1 N–H and O–H groups in total. The zero-order chi connectivity index (χ0) is 13.1. The van der Waals surface area contributed by atoms with Gasteiger partial charge in [0, 0.05) is 9.75 Å². The van der Waals surface area contributed by atoms with E-state index in [9.17, 15) is 0 Å². The number of thiophene rings is 1. The molecule has 2 rings (SSSR count). The van der Waals surface area contributed by atoms with Crippen LogP contribution in [0.5, 0.6) is 0 Å². The van der Waals surface area contributed by atoms with Crippen LogP contribution in [0.25, 0.3) is 0 Å². The molecule has 2 heterocycles. The van der Waals surface area contributed by atoms with Crippen LogP contribution in [-0.4, -0.2) is 11.5 Å². The molecule has 1 atom stereocenters. The van der Waals surface area contributed by atoms with Gasteiger partial charge in [0.2, 0.25) is 0 Å². The molecule has 0 aliphatic rings. The maximum Gasteiger partial charge on any atom is 0.115 e. The van der Waals surface area contributed by atoms with Crippen LogP contribution in [-0.2, 0) is 6.42 Å². The van der Waals surface area contributed by atoms with Crippen molar-refractivity contribution in [1.29, 1.82) is 0 Å². The highest BCUT2D eigenvalue weighted by Gasteiger charge is 2.19. The Bertz CT molecular complexity index is 519. The van der Waals surface area contributed by atoms with Crippen LogP contribution in [0.15, 0.2) is 15.9 Å². The average molecular weight is 345 g/mol. The normalized spacial score (nSPS) is 12.9. The molecule has 98 valence electrons. The fourth-order valence-electron chi connectivity index (χ4n) is 1.90. The number of aryl methyl sites for hydroxylation is 2. The van der Waals surface area contributed by atoms with Gasteiger partial charge in [-0.25, -0.2) is 4.98 Å². The minimum atomic E-state index is 0.232. The maximum atomic E-state index is 4.78. The Morgan fingerprint density at radius 3 is 2.61 bits per heavy atom. The lowest BCUT2D eigenvalue weighted by molar-refractivity contribution is 0.634. The molecule has 0 saturated heterocycles. The van der Waals surface area contributed by atoms with E-state index in [-0.39, 0.29) is 6.04 Å². The molecule has 18 heavy (non-hydrogen) atoms. The molecule has 2 nitrogen and oxygen atoms in total. The van der Waals surface area contributed by atoms with Gasteiger partial charge in [-0.3, -0.25) is 0 Å². The molecule has 0 aromatic carbocycles. The quantitative estimate of drug-likeness (QED) is 0.861. The number of hydrogen-bond acceptors (Lipinski definition) is 4. The number of nitrogens with zero attached hydrogens (tertiary/aromatic N) is 1. The SMILES string of the molecule is CCNC(c1ccc(Br)s1)c1nc(CC)c(C)s1. The second-order valence-corrected chi connectivity index (χ2v) is 7.77. The van der Waals surface area contributed by atoms with E-state index in [1.165, 1.54) is 24.2 Å². The van der Waals surface area contributed by atoms with E-state index in [1.807, 2.05) is 11.3 Å². The van der Waals surface area contributed by atoms with Gasteiger partial charge >= 0.3 is 0 Å². The number of hydrogen-bond donors (Lipinski definition) is 1. The average Bonchev–Trinajstić information content (AvgIpc) is 2.92. The Hall–Kier alpha value is -0.230. The fourth-order valence-corrected chi connectivity index (χ4v) is 4.58. The predicted molar refractivity (Wildman–Crippen MR) is 83.8 cm³/mol. The van der Waals surface area contributed by atoms with Crippen molar-refractivity contribution in [2.45, 2.75) is 33.2 Å². The van der Waals surface area contributed by atoms with Gasteiger partial charge in [0.25, 0.3) is 0 Å². The van der Waals surface area contributed by atoms with Crippen molar-refractivity contribution in [2.75, 3.05) is 6.54 Å². The first-order chi connectivity index (χ1) is 8.65. The van der Waals surface area contributed by atoms with Crippen LogP contribution >= 0.6 is 38.6 Å². The van der Waals surface area contributed by atoms with Gasteiger partial charge in [-0.1, -0.05) is 13.8 Å². The molecular formula is C13H17BrN2S2. The summed E-state index contributed by atoms with van der Waals surface area (Å²) in [5.41, 5.74) is 1.23. The first kappa shape index (κ1) is 14.2. The van der Waals surface area contributed by atoms with Gasteiger partial charge < -0.3 is 5.32 Å². The van der Waals surface area contributed by atoms with Crippen LogP contribution < -0.4 is 5.32 Å². The zero-order valence-electron chi connectivity index (χ0n) is 10.8. The summed E-state index contributed by atoms with van der Waals surface area (Å²) in [4.78, 5) is 7.44. The third-order valence-electron chi connectivity index (χ3n) is 2.78. The van der Waals surface area contributed by atoms with Crippen molar-refractivity contribution in [2.24, 2.45) is 0 Å². The molecule has 0 amide bonds. The molecule has 0 aliphatic heterocycles. The number of nitrogens with one attached hydrogen (secondary N) is 1. The molecule has 2 aromatic heterocycles. The summed E-state index contributed by atoms with van der Waals surface area (Å²) in [5.74, 6) is 0. The van der Waals surface area contributed by atoms with E-state index in [2.05, 4.69) is 54.2 Å². The first-order valence-electron chi connectivity index (χ1n) is 6.10. The highest BCUT2D eigenvalue weighted by atomic mass is 79.9. The lowest BCUT2D eigenvalue weighted by atomic mass is 10.2. The summed E-state index contributed by atoms with van der Waals surface area (Å²) in [5, 5.41) is 4.71. The Morgan fingerprint density at radius 1 is 1.33 bits per heavy atom. The Balaban J connectivity index is 2.34. The van der Waals surface area contributed by atoms with E-state index in [0.717, 1.165) is 13.0 Å². The molecule has 5 heteroatoms. The van der Waals surface area contributed by atoms with Crippen LogP contribution in [0.1, 0.15) is 40.3 Å². The largest absolute Gasteiger partial charge is 0.304 e. The smallest absolute Gasteiger partial charge is 0.115 e. The van der Waals surface area contributed by atoms with E-state index >= 15 is 0 Å². The topological polar surface area (TPSA) is 24.9 Å². The van der Waals surface area contributed by atoms with Gasteiger partial charge in [-0.05, 0) is 48.0 Å². The van der Waals surface area contributed by atoms with Crippen LogP contribution in [0, 0.1) is 6.92 Å². The molecule has 0 fully saturated rings. The summed E-state index contributed by atoms with van der Waals surface area (Å²) in [7, 11) is 0. The highest BCUT2D eigenvalue weighted by Crippen LogP contribution is 2.34. The van der Waals surface area contributed by atoms with E-state index in [4.69, 9.17) is 4.98 Å². The van der Waals surface area contributed by atoms with Gasteiger partial charge in [0.15, 0.2) is 0 Å². The summed E-state index contributed by atoms with van der Waals surface area (Å²) in [6.45, 7) is 7.40. The molecule has 0 saturated carbocycles. The number of rotatable bonds is 5. The number of halogens is 1. The van der Waals surface area contributed by atoms with Gasteiger partial charge in [-0.15, -0.1) is 22.7 Å². The maximum absolute atomic E-state index is 4.78. The van der Waals surface area contributed by atoms with Crippen molar-refractivity contribution in [3.63, 3.8) is 0 Å². The monoisotopic (exact) mass is 344 g/mol. The molecule has 0 bridgehead atoms. The lowest BCUT2D eigenvalue weighted by Crippen LogP contribution is -2.20. The van der Waals surface area contributed by atoms with Crippen LogP contribution in [0.4, 0.5) is 0 Å². The number of thiazole rings is 1. The summed E-state index contributed by atoms with van der Waals surface area (Å²) < 4.78 is 1.17. The van der Waals surface area contributed by atoms with E-state index in [1.54, 1.807) is 11.3 Å². The van der Waals surface area contributed by atoms with Crippen molar-refractivity contribution >= 4 is 38.6 Å². The summed E-state index contributed by atoms with van der Waals surface area (Å²) in [6, 6.07) is 4.51. The fraction of sp³-hybridized carbons (Fsp3) is 0.462. The second kappa shape index (κ2) is 6.28.